The molecule has 0 radical (unpaired) electrons. The second kappa shape index (κ2) is 20.2. The van der Waals surface area contributed by atoms with Crippen LogP contribution in [0.2, 0.25) is 0 Å². The number of aliphatic hydroxyl groups is 1. The minimum absolute atomic E-state index is 0. The van der Waals surface area contributed by atoms with E-state index in [1.54, 1.807) is 4.90 Å². The fourth-order valence-electron chi connectivity index (χ4n) is 4.76. The van der Waals surface area contributed by atoms with Crippen LogP contribution in [-0.2, 0) is 25.6 Å². The first-order valence-electron chi connectivity index (χ1n) is 13.9. The van der Waals surface area contributed by atoms with Crippen molar-refractivity contribution < 1.29 is 107 Å². The fraction of sp³-hybridized carbons (Fsp3) is 0.630. The summed E-state index contributed by atoms with van der Waals surface area (Å²) < 4.78 is 55.9. The molecule has 2 atom stereocenters. The minimum Gasteiger partial charge on any atom is -0.487 e. The average Bonchev–Trinajstić information content (AvgIpc) is 2.95. The van der Waals surface area contributed by atoms with Crippen LogP contribution < -0.4 is 4.74 Å². The van der Waals surface area contributed by atoms with Crippen molar-refractivity contribution in [2.24, 2.45) is 0 Å². The number of rotatable bonds is 15. The van der Waals surface area contributed by atoms with E-state index >= 15 is 0 Å². The van der Waals surface area contributed by atoms with Gasteiger partial charge >= 0.3 is 36.2 Å². The molecule has 19 heteroatoms. The van der Waals surface area contributed by atoms with Crippen molar-refractivity contribution in [1.29, 1.82) is 0 Å². The molecule has 1 aromatic carbocycles. The van der Waals surface area contributed by atoms with E-state index < -0.39 is 74.6 Å². The topological polar surface area (TPSA) is 192 Å². The number of benzene rings is 1. The SMILES string of the molecule is O=C(O)CN1CCN(C(CO)C(=O)O)CCN(CC(=O)O)CCN(C(Cc2ccc(OCC(F)(F)C(F)F)cc2)C(=O)O)CC1.[Gd]. The Morgan fingerprint density at radius 1 is 0.739 bits per heavy atom. The second-order valence-electron chi connectivity index (χ2n) is 10.5. The number of carboxylic acids is 4. The molecule has 2 rings (SSSR count). The number of aliphatic carboxylic acids is 4. The maximum atomic E-state index is 13.2. The monoisotopic (exact) mass is 812 g/mol. The maximum Gasteiger partial charge on any atom is 0.340 e. The summed E-state index contributed by atoms with van der Waals surface area (Å²) in [6.07, 6.45) is -4.02. The molecule has 0 aliphatic carbocycles. The molecule has 1 aliphatic heterocycles. The molecule has 0 saturated carbocycles. The van der Waals surface area contributed by atoms with Crippen molar-refractivity contribution in [2.75, 3.05) is 78.7 Å². The predicted octanol–water partition coefficient (Wildman–Crippen LogP) is -0.202. The summed E-state index contributed by atoms with van der Waals surface area (Å²) in [7, 11) is 0. The van der Waals surface area contributed by atoms with Gasteiger partial charge in [-0.1, -0.05) is 12.1 Å². The zero-order chi connectivity index (χ0) is 33.7. The molecule has 0 amide bonds. The molecule has 1 saturated heterocycles. The van der Waals surface area contributed by atoms with Gasteiger partial charge in [0.05, 0.1) is 19.7 Å². The van der Waals surface area contributed by atoms with E-state index in [1.165, 1.54) is 39.0 Å². The summed E-state index contributed by atoms with van der Waals surface area (Å²) in [4.78, 5) is 53.2. The number of alkyl halides is 4. The number of halogens is 4. The van der Waals surface area contributed by atoms with E-state index in [2.05, 4.69) is 0 Å². The van der Waals surface area contributed by atoms with Crippen LogP contribution in [0.15, 0.2) is 24.3 Å². The standard InChI is InChI=1S/C27H38F4N4O10.Gd/c28-26(29)27(30,31)17-45-19-3-1-18(2-4-19)13-20(24(41)42)34-9-5-32(14-22(37)38)7-11-35(21(16-36)25(43)44)12-8-33(6-10-34)15-23(39)40;/h1-4,20-21,26,36H,5-17H2,(H,37,38)(H,39,40)(H,41,42)(H,43,44);. The van der Waals surface area contributed by atoms with Crippen molar-refractivity contribution in [1.82, 2.24) is 19.6 Å². The summed E-state index contributed by atoms with van der Waals surface area (Å²) in [5.41, 5.74) is 0.436. The smallest absolute Gasteiger partial charge is 0.340 e. The molecule has 1 heterocycles. The predicted molar refractivity (Wildman–Crippen MR) is 148 cm³/mol. The second-order valence-corrected chi connectivity index (χ2v) is 10.5. The van der Waals surface area contributed by atoms with Gasteiger partial charge in [0.15, 0.2) is 6.61 Å². The molecule has 0 spiro atoms. The third-order valence-corrected chi connectivity index (χ3v) is 7.26. The third-order valence-electron chi connectivity index (χ3n) is 7.26. The van der Waals surface area contributed by atoms with Gasteiger partial charge in [-0.05, 0) is 24.1 Å². The molecule has 0 aromatic heterocycles. The Bertz CT molecular complexity index is 1110. The molecular weight excluding hydrogens is 774 g/mol. The Morgan fingerprint density at radius 2 is 1.15 bits per heavy atom. The van der Waals surface area contributed by atoms with E-state index in [0.29, 0.717) is 5.56 Å². The van der Waals surface area contributed by atoms with Gasteiger partial charge in [0.25, 0.3) is 0 Å². The van der Waals surface area contributed by atoms with Gasteiger partial charge in [-0.25, -0.2) is 8.78 Å². The average molecular weight is 812 g/mol. The normalized spacial score (nSPS) is 18.0. The minimum atomic E-state index is -4.35. The Kier molecular flexibility index (Phi) is 18.3. The fourth-order valence-corrected chi connectivity index (χ4v) is 4.76. The molecule has 2 unspecified atom stereocenters. The Balaban J connectivity index is 0.0000106. The Labute approximate surface area is 294 Å². The Hall–Kier alpha value is -2.26. The third kappa shape index (κ3) is 14.2. The van der Waals surface area contributed by atoms with Crippen molar-refractivity contribution in [3.05, 3.63) is 29.8 Å². The molecule has 5 N–H and O–H groups in total. The number of hydrogen-bond donors (Lipinski definition) is 5. The number of carbonyl (C=O) groups is 4. The number of hydrogen-bond acceptors (Lipinski definition) is 10. The van der Waals surface area contributed by atoms with Crippen LogP contribution in [0.1, 0.15) is 5.56 Å². The van der Waals surface area contributed by atoms with Crippen molar-refractivity contribution >= 4 is 23.9 Å². The molecule has 46 heavy (non-hydrogen) atoms. The largest absolute Gasteiger partial charge is 0.487 e. The van der Waals surface area contributed by atoms with Gasteiger partial charge in [-0.3, -0.25) is 38.8 Å². The van der Waals surface area contributed by atoms with Crippen molar-refractivity contribution in [3.63, 3.8) is 0 Å². The van der Waals surface area contributed by atoms with Crippen LogP contribution >= 0.6 is 0 Å². The van der Waals surface area contributed by atoms with E-state index in [9.17, 15) is 62.3 Å². The summed E-state index contributed by atoms with van der Waals surface area (Å²) in [5.74, 6) is -9.38. The van der Waals surface area contributed by atoms with Gasteiger partial charge < -0.3 is 30.3 Å². The van der Waals surface area contributed by atoms with Crippen molar-refractivity contribution in [2.45, 2.75) is 30.9 Å². The summed E-state index contributed by atoms with van der Waals surface area (Å²) in [6, 6.07) is 2.75. The number of aliphatic hydroxyl groups excluding tert-OH is 1. The number of nitrogens with zero attached hydrogens (tertiary/aromatic N) is 4. The van der Waals surface area contributed by atoms with Crippen LogP contribution in [0.3, 0.4) is 0 Å². The quantitative estimate of drug-likeness (QED) is 0.146. The molecular formula is C27H38F4GdN4O10. The van der Waals surface area contributed by atoms with Crippen LogP contribution in [0, 0.1) is 39.9 Å². The molecule has 1 aromatic rings. The van der Waals surface area contributed by atoms with E-state index in [0.717, 1.165) is 0 Å². The van der Waals surface area contributed by atoms with E-state index in [4.69, 9.17) is 4.74 Å². The van der Waals surface area contributed by atoms with Crippen LogP contribution in [0.4, 0.5) is 17.6 Å². The number of carboxylic acid groups (broad SMARTS) is 4. The maximum absolute atomic E-state index is 13.2. The van der Waals surface area contributed by atoms with E-state index in [-0.39, 0.29) is 104 Å². The van der Waals surface area contributed by atoms with Gasteiger partial charge in [0.1, 0.15) is 17.8 Å². The summed E-state index contributed by atoms with van der Waals surface area (Å²) in [5, 5.41) is 48.2. The van der Waals surface area contributed by atoms with Crippen LogP contribution in [0.25, 0.3) is 0 Å². The molecule has 0 bridgehead atoms. The van der Waals surface area contributed by atoms with Gasteiger partial charge in [0, 0.05) is 92.3 Å². The van der Waals surface area contributed by atoms with Crippen molar-refractivity contribution in [3.8, 4) is 5.75 Å². The summed E-state index contributed by atoms with van der Waals surface area (Å²) in [6.45, 7) is -2.87. The molecule has 1 aliphatic rings. The zero-order valence-corrected chi connectivity index (χ0v) is 26.9. The van der Waals surface area contributed by atoms with E-state index in [1.807, 2.05) is 0 Å². The van der Waals surface area contributed by atoms with Crippen LogP contribution in [0.5, 0.6) is 5.75 Å². The first kappa shape index (κ1) is 41.8. The first-order chi connectivity index (χ1) is 21.1. The number of ether oxygens (including phenoxy) is 1. The Morgan fingerprint density at radius 3 is 1.50 bits per heavy atom. The molecule has 1 fully saturated rings. The van der Waals surface area contributed by atoms with Gasteiger partial charge in [-0.2, -0.15) is 8.78 Å². The van der Waals surface area contributed by atoms with Crippen LogP contribution in [-0.4, -0.2) is 172 Å². The van der Waals surface area contributed by atoms with Gasteiger partial charge in [0.2, 0.25) is 0 Å². The summed E-state index contributed by atoms with van der Waals surface area (Å²) >= 11 is 0. The molecule has 14 nitrogen and oxygen atoms in total. The zero-order valence-electron chi connectivity index (χ0n) is 24.7. The molecule has 262 valence electrons. The van der Waals surface area contributed by atoms with Gasteiger partial charge in [-0.15, -0.1) is 0 Å². The first-order valence-corrected chi connectivity index (χ1v) is 13.9.